The van der Waals surface area contributed by atoms with E-state index in [1.54, 1.807) is 6.07 Å². The lowest BCUT2D eigenvalue weighted by molar-refractivity contribution is -0.117. The van der Waals surface area contributed by atoms with Crippen molar-refractivity contribution in [3.8, 4) is 0 Å². The Labute approximate surface area is 96.2 Å². The van der Waals surface area contributed by atoms with Crippen LogP contribution in [0, 0.1) is 4.77 Å². The molecule has 1 unspecified atom stereocenters. The van der Waals surface area contributed by atoms with Crippen molar-refractivity contribution < 1.29 is 4.79 Å². The highest BCUT2D eigenvalue weighted by molar-refractivity contribution is 7.71. The fraction of sp³-hybridized carbons (Fsp3) is 0.375. The molecule has 1 aliphatic rings. The highest BCUT2D eigenvalue weighted by Crippen LogP contribution is 2.22. The molecule has 1 aromatic heterocycles. The maximum atomic E-state index is 11.5. The molecule has 0 spiro atoms. The Hall–Kier alpha value is -1.14. The standard InChI is InChI=1S/C8H9ClN4OS/c9-4-1-7(14)13(3-4)6-2-5(10)11-8(15)12-6/h2,4H,1,3H2,(H3,10,11,12,15). The summed E-state index contributed by atoms with van der Waals surface area (Å²) in [5, 5.41) is -0.168. The number of anilines is 2. The molecule has 2 heterocycles. The van der Waals surface area contributed by atoms with Gasteiger partial charge in [-0.15, -0.1) is 11.6 Å². The normalized spacial score (nSPS) is 21.0. The molecule has 7 heteroatoms. The first-order chi connectivity index (χ1) is 7.06. The maximum Gasteiger partial charge on any atom is 0.229 e. The van der Waals surface area contributed by atoms with Crippen molar-refractivity contribution in [2.24, 2.45) is 0 Å². The Morgan fingerprint density at radius 3 is 3.00 bits per heavy atom. The van der Waals surface area contributed by atoms with Gasteiger partial charge in [-0.05, 0) is 12.2 Å². The minimum absolute atomic E-state index is 0.0532. The lowest BCUT2D eigenvalue weighted by atomic mass is 10.4. The van der Waals surface area contributed by atoms with Crippen LogP contribution in [0.1, 0.15) is 6.42 Å². The number of nitrogens with zero attached hydrogens (tertiary/aromatic N) is 2. The Kier molecular flexibility index (Phi) is 2.62. The van der Waals surface area contributed by atoms with Gasteiger partial charge in [-0.2, -0.15) is 0 Å². The topological polar surface area (TPSA) is 75.0 Å². The largest absolute Gasteiger partial charge is 0.385 e. The lowest BCUT2D eigenvalue weighted by Crippen LogP contribution is -2.25. The summed E-state index contributed by atoms with van der Waals surface area (Å²) in [6, 6.07) is 1.57. The number of nitrogens with two attached hydrogens (primary N) is 1. The van der Waals surface area contributed by atoms with Crippen LogP contribution in [0.15, 0.2) is 6.07 Å². The molecule has 0 aromatic carbocycles. The molecule has 5 nitrogen and oxygen atoms in total. The first-order valence-corrected chi connectivity index (χ1v) is 5.22. The molecule has 1 aliphatic heterocycles. The van der Waals surface area contributed by atoms with Crippen molar-refractivity contribution in [3.05, 3.63) is 10.8 Å². The molecule has 80 valence electrons. The van der Waals surface area contributed by atoms with E-state index in [4.69, 9.17) is 29.6 Å². The number of H-pyrrole nitrogens is 1. The summed E-state index contributed by atoms with van der Waals surface area (Å²) in [6.45, 7) is 0.450. The number of carbonyl (C=O) groups is 1. The van der Waals surface area contributed by atoms with Gasteiger partial charge in [0.05, 0.1) is 5.38 Å². The molecule has 1 aromatic rings. The molecule has 0 radical (unpaired) electrons. The number of hydrogen-bond acceptors (Lipinski definition) is 4. The number of carbonyl (C=O) groups excluding carboxylic acids is 1. The summed E-state index contributed by atoms with van der Waals surface area (Å²) in [4.78, 5) is 19.7. The first-order valence-electron chi connectivity index (χ1n) is 4.37. The zero-order valence-electron chi connectivity index (χ0n) is 7.74. The third-order valence-electron chi connectivity index (χ3n) is 2.11. The number of hydrogen-bond donors (Lipinski definition) is 2. The Morgan fingerprint density at radius 1 is 1.73 bits per heavy atom. The van der Waals surface area contributed by atoms with Crippen molar-refractivity contribution in [3.63, 3.8) is 0 Å². The van der Waals surface area contributed by atoms with Crippen LogP contribution in [0.4, 0.5) is 11.6 Å². The maximum absolute atomic E-state index is 11.5. The number of halogens is 1. The van der Waals surface area contributed by atoms with E-state index < -0.39 is 0 Å². The average molecular weight is 245 g/mol. The van der Waals surface area contributed by atoms with Crippen LogP contribution >= 0.6 is 23.8 Å². The predicted octanol–water partition coefficient (Wildman–Crippen LogP) is 1.07. The molecule has 3 N–H and O–H groups in total. The summed E-state index contributed by atoms with van der Waals surface area (Å²) >= 11 is 10.7. The fourth-order valence-electron chi connectivity index (χ4n) is 1.49. The number of nitrogens with one attached hydrogen (secondary N) is 1. The third-order valence-corrected chi connectivity index (χ3v) is 2.59. The summed E-state index contributed by atoms with van der Waals surface area (Å²) in [7, 11) is 0. The smallest absolute Gasteiger partial charge is 0.229 e. The summed E-state index contributed by atoms with van der Waals surface area (Å²) in [6.07, 6.45) is 0.328. The molecule has 1 fully saturated rings. The minimum atomic E-state index is -0.168. The van der Waals surface area contributed by atoms with Crippen molar-refractivity contribution in [2.45, 2.75) is 11.8 Å². The van der Waals surface area contributed by atoms with Crippen LogP contribution < -0.4 is 10.6 Å². The van der Waals surface area contributed by atoms with E-state index in [-0.39, 0.29) is 16.1 Å². The SMILES string of the molecule is Nc1cc(N2CC(Cl)CC2=O)nc(=S)[nH]1. The van der Waals surface area contributed by atoms with Gasteiger partial charge < -0.3 is 10.7 Å². The summed E-state index contributed by atoms with van der Waals surface area (Å²) < 4.78 is 0.260. The fourth-order valence-corrected chi connectivity index (χ4v) is 1.97. The van der Waals surface area contributed by atoms with Crippen LogP contribution in [-0.4, -0.2) is 27.8 Å². The number of aromatic amines is 1. The molecule has 2 rings (SSSR count). The number of aromatic nitrogens is 2. The van der Waals surface area contributed by atoms with Gasteiger partial charge in [-0.1, -0.05) is 0 Å². The van der Waals surface area contributed by atoms with E-state index in [2.05, 4.69) is 9.97 Å². The van der Waals surface area contributed by atoms with E-state index in [9.17, 15) is 4.79 Å². The molecular weight excluding hydrogens is 236 g/mol. The summed E-state index contributed by atoms with van der Waals surface area (Å²) in [5.41, 5.74) is 5.57. The third kappa shape index (κ3) is 2.10. The highest BCUT2D eigenvalue weighted by atomic mass is 35.5. The molecule has 1 saturated heterocycles. The quantitative estimate of drug-likeness (QED) is 0.572. The highest BCUT2D eigenvalue weighted by Gasteiger charge is 2.30. The number of nitrogen functional groups attached to an aromatic ring is 1. The van der Waals surface area contributed by atoms with Crippen molar-refractivity contribution >= 4 is 41.4 Å². The van der Waals surface area contributed by atoms with E-state index in [1.165, 1.54) is 4.90 Å². The Bertz CT molecular complexity index is 460. The van der Waals surface area contributed by atoms with Gasteiger partial charge in [0.2, 0.25) is 5.91 Å². The van der Waals surface area contributed by atoms with Crippen LogP contribution in [0.25, 0.3) is 0 Å². The van der Waals surface area contributed by atoms with Crippen molar-refractivity contribution in [1.29, 1.82) is 0 Å². The lowest BCUT2D eigenvalue weighted by Gasteiger charge is -2.14. The van der Waals surface area contributed by atoms with Crippen LogP contribution in [-0.2, 0) is 4.79 Å². The number of alkyl halides is 1. The first kappa shape index (κ1) is 10.4. The molecular formula is C8H9ClN4OS. The average Bonchev–Trinajstić information content (AvgIpc) is 2.43. The van der Waals surface area contributed by atoms with Gasteiger partial charge in [0.1, 0.15) is 11.6 Å². The predicted molar refractivity (Wildman–Crippen MR) is 60.4 cm³/mol. The number of amides is 1. The molecule has 1 amide bonds. The van der Waals surface area contributed by atoms with E-state index in [0.29, 0.717) is 24.6 Å². The van der Waals surface area contributed by atoms with Gasteiger partial charge in [0.15, 0.2) is 4.77 Å². The second kappa shape index (κ2) is 3.79. The second-order valence-electron chi connectivity index (χ2n) is 3.31. The van der Waals surface area contributed by atoms with Crippen molar-refractivity contribution in [1.82, 2.24) is 9.97 Å². The van der Waals surface area contributed by atoms with Gasteiger partial charge in [-0.25, -0.2) is 4.98 Å². The van der Waals surface area contributed by atoms with E-state index >= 15 is 0 Å². The molecule has 0 saturated carbocycles. The number of rotatable bonds is 1. The van der Waals surface area contributed by atoms with E-state index in [1.807, 2.05) is 0 Å². The molecule has 0 aliphatic carbocycles. The second-order valence-corrected chi connectivity index (χ2v) is 4.31. The Morgan fingerprint density at radius 2 is 2.47 bits per heavy atom. The summed E-state index contributed by atoms with van der Waals surface area (Å²) in [5.74, 6) is 0.794. The van der Waals surface area contributed by atoms with Gasteiger partial charge in [0.25, 0.3) is 0 Å². The Balaban J connectivity index is 2.37. The van der Waals surface area contributed by atoms with Gasteiger partial charge in [-0.3, -0.25) is 9.69 Å². The molecule has 1 atom stereocenters. The van der Waals surface area contributed by atoms with Gasteiger partial charge in [0, 0.05) is 19.0 Å². The van der Waals surface area contributed by atoms with E-state index in [0.717, 1.165) is 0 Å². The van der Waals surface area contributed by atoms with Gasteiger partial charge >= 0.3 is 0 Å². The van der Waals surface area contributed by atoms with Crippen LogP contribution in [0.3, 0.4) is 0 Å². The molecule has 15 heavy (non-hydrogen) atoms. The van der Waals surface area contributed by atoms with Crippen molar-refractivity contribution in [2.75, 3.05) is 17.2 Å². The molecule has 0 bridgehead atoms. The van der Waals surface area contributed by atoms with Crippen LogP contribution in [0.2, 0.25) is 0 Å². The minimum Gasteiger partial charge on any atom is -0.385 e. The zero-order chi connectivity index (χ0) is 11.0. The zero-order valence-corrected chi connectivity index (χ0v) is 9.31. The van der Waals surface area contributed by atoms with Crippen LogP contribution in [0.5, 0.6) is 0 Å². The monoisotopic (exact) mass is 244 g/mol.